The average molecular weight is 707 g/mol. The summed E-state index contributed by atoms with van der Waals surface area (Å²) in [6.07, 6.45) is -8.53. The quantitative estimate of drug-likeness (QED) is 0.0239. The van der Waals surface area contributed by atoms with E-state index in [4.69, 9.17) is 28.2 Å². The predicted molar refractivity (Wildman–Crippen MR) is 159 cm³/mol. The number of phosphoric acid groups is 1. The first-order chi connectivity index (χ1) is 22.0. The van der Waals surface area contributed by atoms with Crippen molar-refractivity contribution in [1.82, 2.24) is 10.6 Å². The van der Waals surface area contributed by atoms with Crippen LogP contribution in [0.15, 0.2) is 0 Å². The highest BCUT2D eigenvalue weighted by Crippen LogP contribution is 2.46. The van der Waals surface area contributed by atoms with E-state index in [1.165, 1.54) is 0 Å². The summed E-state index contributed by atoms with van der Waals surface area (Å²) < 4.78 is 47.9. The van der Waals surface area contributed by atoms with Gasteiger partial charge in [0, 0.05) is 17.4 Å². The van der Waals surface area contributed by atoms with E-state index in [-0.39, 0.29) is 63.7 Å². The number of fused-ring (bicyclic) bond motifs is 1. The number of thioether (sulfide) groups is 1. The zero-order valence-electron chi connectivity index (χ0n) is 25.4. The number of carbonyl (C=O) groups excluding carboxylic acids is 2. The number of ether oxygens (including phenoxy) is 5. The molecule has 3 fully saturated rings. The molecule has 0 aromatic heterocycles. The maximum Gasteiger partial charge on any atom is 0.472 e. The number of aliphatic hydroxyl groups is 5. The van der Waals surface area contributed by atoms with Crippen LogP contribution in [0.5, 0.6) is 0 Å². The maximum atomic E-state index is 12.1. The number of carbonyl (C=O) groups is 2. The molecule has 0 bridgehead atoms. The molecule has 3 aliphatic rings. The summed E-state index contributed by atoms with van der Waals surface area (Å²) in [5.74, 6) is 0.659. The molecular formula is C26H47N2O16PS. The molecule has 3 rings (SSSR count). The van der Waals surface area contributed by atoms with Crippen LogP contribution < -0.4 is 10.6 Å². The van der Waals surface area contributed by atoms with Gasteiger partial charge in [-0.25, -0.2) is 9.36 Å². The van der Waals surface area contributed by atoms with Crippen molar-refractivity contribution in [3.05, 3.63) is 0 Å². The molecule has 3 unspecified atom stereocenters. The second kappa shape index (κ2) is 20.4. The number of urea groups is 1. The highest BCUT2D eigenvalue weighted by atomic mass is 32.2. The van der Waals surface area contributed by atoms with Gasteiger partial charge in [-0.05, 0) is 12.8 Å². The highest BCUT2D eigenvalue weighted by Gasteiger charge is 2.51. The minimum Gasteiger partial charge on any atom is -0.463 e. The standard InChI is InChI=1S/C26H47N2O16PS/c29-18(4-2-1-3-17-19-16(15-46-17)27-26(35)28-19)42-13-11-40-9-7-38-5-6-39-8-10-41-12-14-43-45(36,37)44-25-23(33)21(31)20(30)22(32)24(25)34/h16-17,19-25,30-34H,1-15H2,(H,36,37)(H2,27,28,35)/t16-,17-,19-,20?,21-,22+,23+,24+,25?/m0/s1. The molecule has 46 heavy (non-hydrogen) atoms. The average Bonchev–Trinajstić information content (AvgIpc) is 3.58. The number of hydrogen-bond donors (Lipinski definition) is 8. The third-order valence-corrected chi connectivity index (χ3v) is 10.0. The van der Waals surface area contributed by atoms with Crippen LogP contribution in [0.2, 0.25) is 0 Å². The Morgan fingerprint density at radius 2 is 1.28 bits per heavy atom. The lowest BCUT2D eigenvalue weighted by Gasteiger charge is -2.41. The van der Waals surface area contributed by atoms with E-state index in [0.717, 1.165) is 25.0 Å². The molecule has 2 saturated heterocycles. The van der Waals surface area contributed by atoms with Crippen LogP contribution in [0.4, 0.5) is 4.79 Å². The SMILES string of the molecule is O=C1N[C@H]2[C@H](CS[C@H]2CCCCC(=O)OCCOCCOCCOCCOCCOP(=O)(O)OC2[C@H](O)[C@H](O)C(O)[C@H](O)[C@H]2O)N1. The fourth-order valence-corrected chi connectivity index (χ4v) is 7.49. The smallest absolute Gasteiger partial charge is 0.463 e. The van der Waals surface area contributed by atoms with E-state index in [0.29, 0.717) is 38.1 Å². The fourth-order valence-electron chi connectivity index (χ4n) is 5.02. The zero-order valence-corrected chi connectivity index (χ0v) is 27.1. The predicted octanol–water partition coefficient (Wildman–Crippen LogP) is -2.36. The highest BCUT2D eigenvalue weighted by molar-refractivity contribution is 8.00. The largest absolute Gasteiger partial charge is 0.472 e. The Bertz CT molecular complexity index is 955. The second-order valence-electron chi connectivity index (χ2n) is 10.9. The molecule has 2 heterocycles. The summed E-state index contributed by atoms with van der Waals surface area (Å²) in [5, 5.41) is 54.9. The number of nitrogens with one attached hydrogen (secondary N) is 2. The molecule has 10 atom stereocenters. The van der Waals surface area contributed by atoms with Crippen LogP contribution in [0.1, 0.15) is 25.7 Å². The Balaban J connectivity index is 1.05. The number of aliphatic hydroxyl groups excluding tert-OH is 5. The van der Waals surface area contributed by atoms with E-state index in [1.54, 1.807) is 0 Å². The van der Waals surface area contributed by atoms with Gasteiger partial charge in [-0.2, -0.15) is 11.8 Å². The number of rotatable bonds is 23. The van der Waals surface area contributed by atoms with E-state index < -0.39 is 44.4 Å². The monoisotopic (exact) mass is 706 g/mol. The van der Waals surface area contributed by atoms with Gasteiger partial charge in [0.2, 0.25) is 0 Å². The van der Waals surface area contributed by atoms with Crippen LogP contribution in [-0.2, 0) is 42.1 Å². The molecule has 1 aliphatic carbocycles. The van der Waals surface area contributed by atoms with E-state index in [1.807, 2.05) is 11.8 Å². The molecular weight excluding hydrogens is 659 g/mol. The molecule has 18 nitrogen and oxygen atoms in total. The van der Waals surface area contributed by atoms with Crippen molar-refractivity contribution in [2.75, 3.05) is 71.8 Å². The summed E-state index contributed by atoms with van der Waals surface area (Å²) in [4.78, 5) is 33.1. The van der Waals surface area contributed by atoms with Crippen molar-refractivity contribution < 1.29 is 77.3 Å². The topological polar surface area (TPSA) is 261 Å². The molecule has 2 amide bonds. The summed E-state index contributed by atoms with van der Waals surface area (Å²) in [6, 6.07) is 0.283. The first-order valence-electron chi connectivity index (χ1n) is 15.2. The molecule has 0 aromatic carbocycles. The second-order valence-corrected chi connectivity index (χ2v) is 13.5. The van der Waals surface area contributed by atoms with Crippen LogP contribution in [0.3, 0.4) is 0 Å². The van der Waals surface area contributed by atoms with Gasteiger partial charge in [-0.1, -0.05) is 6.42 Å². The van der Waals surface area contributed by atoms with E-state index in [2.05, 4.69) is 15.2 Å². The molecule has 1 saturated carbocycles. The minimum atomic E-state index is -4.81. The van der Waals surface area contributed by atoms with Crippen molar-refractivity contribution in [3.8, 4) is 0 Å². The number of amides is 2. The first kappa shape index (κ1) is 39.3. The van der Waals surface area contributed by atoms with Gasteiger partial charge < -0.3 is 64.7 Å². The Hall–Kier alpha value is -1.16. The Kier molecular flexibility index (Phi) is 17.4. The zero-order chi connectivity index (χ0) is 33.5. The van der Waals surface area contributed by atoms with E-state index >= 15 is 0 Å². The van der Waals surface area contributed by atoms with Gasteiger partial charge in [0.25, 0.3) is 0 Å². The van der Waals surface area contributed by atoms with Crippen LogP contribution in [0, 0.1) is 0 Å². The van der Waals surface area contributed by atoms with Crippen LogP contribution >= 0.6 is 19.6 Å². The first-order valence-corrected chi connectivity index (χ1v) is 17.8. The maximum absolute atomic E-state index is 12.1. The van der Waals surface area contributed by atoms with Crippen molar-refractivity contribution in [2.24, 2.45) is 0 Å². The number of hydrogen-bond acceptors (Lipinski definition) is 16. The molecule has 268 valence electrons. The van der Waals surface area contributed by atoms with E-state index in [9.17, 15) is 44.6 Å². The third-order valence-electron chi connectivity index (χ3n) is 7.47. The molecule has 2 aliphatic heterocycles. The van der Waals surface area contributed by atoms with Crippen LogP contribution in [-0.4, -0.2) is 168 Å². The van der Waals surface area contributed by atoms with Gasteiger partial charge in [0.1, 0.15) is 43.2 Å². The lowest BCUT2D eigenvalue weighted by molar-refractivity contribution is -0.220. The number of esters is 1. The molecule has 0 aromatic rings. The molecule has 0 spiro atoms. The minimum absolute atomic E-state index is 0.0973. The van der Waals surface area contributed by atoms with Gasteiger partial charge >= 0.3 is 19.8 Å². The molecule has 0 radical (unpaired) electrons. The third kappa shape index (κ3) is 13.0. The lowest BCUT2D eigenvalue weighted by atomic mass is 9.85. The summed E-state index contributed by atoms with van der Waals surface area (Å²) in [5.41, 5.74) is 0. The van der Waals surface area contributed by atoms with Gasteiger partial charge in [-0.3, -0.25) is 13.8 Å². The summed E-state index contributed by atoms with van der Waals surface area (Å²) in [6.45, 7) is 1.57. The van der Waals surface area contributed by atoms with Crippen molar-refractivity contribution in [1.29, 1.82) is 0 Å². The van der Waals surface area contributed by atoms with Crippen molar-refractivity contribution in [3.63, 3.8) is 0 Å². The Morgan fingerprint density at radius 3 is 1.87 bits per heavy atom. The van der Waals surface area contributed by atoms with Crippen LogP contribution in [0.25, 0.3) is 0 Å². The van der Waals surface area contributed by atoms with Gasteiger partial charge in [0.05, 0.1) is 71.5 Å². The number of phosphoric ester groups is 1. The summed E-state index contributed by atoms with van der Waals surface area (Å²) >= 11 is 1.86. The molecule has 8 N–H and O–H groups in total. The summed E-state index contributed by atoms with van der Waals surface area (Å²) in [7, 11) is -4.81. The van der Waals surface area contributed by atoms with Crippen molar-refractivity contribution >= 4 is 31.6 Å². The lowest BCUT2D eigenvalue weighted by Crippen LogP contribution is -2.64. The number of unbranched alkanes of at least 4 members (excludes halogenated alkanes) is 1. The Labute approximate surface area is 271 Å². The van der Waals surface area contributed by atoms with Crippen molar-refractivity contribution in [2.45, 2.75) is 79.6 Å². The van der Waals surface area contributed by atoms with Gasteiger partial charge in [-0.15, -0.1) is 0 Å². The molecule has 20 heteroatoms. The van der Waals surface area contributed by atoms with Gasteiger partial charge in [0.15, 0.2) is 0 Å². The normalized spacial score (nSPS) is 32.0. The Morgan fingerprint density at radius 1 is 0.761 bits per heavy atom. The fraction of sp³-hybridized carbons (Fsp3) is 0.923.